The van der Waals surface area contributed by atoms with Crippen molar-refractivity contribution in [3.05, 3.63) is 29.1 Å². The Balaban J connectivity index is 2.22. The van der Waals surface area contributed by atoms with Crippen LogP contribution in [0.2, 0.25) is 0 Å². The van der Waals surface area contributed by atoms with E-state index in [1.165, 1.54) is 43.2 Å². The fourth-order valence-electron chi connectivity index (χ4n) is 2.38. The van der Waals surface area contributed by atoms with E-state index in [2.05, 4.69) is 22.7 Å². The number of nitrogens with one attached hydrogen (secondary N) is 1. The van der Waals surface area contributed by atoms with Crippen molar-refractivity contribution in [1.29, 1.82) is 0 Å². The molecule has 0 radical (unpaired) electrons. The number of nitrogens with zero attached hydrogens (tertiary/aromatic N) is 1. The molecule has 2 heteroatoms. The maximum absolute atomic E-state index is 4.36. The molecule has 0 amide bonds. The van der Waals surface area contributed by atoms with Gasteiger partial charge in [-0.05, 0) is 62.4 Å². The van der Waals surface area contributed by atoms with E-state index in [1.807, 2.05) is 7.05 Å². The lowest BCUT2D eigenvalue weighted by molar-refractivity contribution is 0.709. The third-order valence-corrected chi connectivity index (χ3v) is 3.25. The molecule has 0 aromatic carbocycles. The first-order valence-corrected chi connectivity index (χ1v) is 6.01. The van der Waals surface area contributed by atoms with Crippen molar-refractivity contribution in [3.8, 4) is 0 Å². The number of rotatable bonds is 3. The average molecular weight is 204 g/mol. The molecule has 1 aromatic heterocycles. The van der Waals surface area contributed by atoms with Crippen molar-refractivity contribution >= 4 is 0 Å². The van der Waals surface area contributed by atoms with E-state index in [4.69, 9.17) is 0 Å². The van der Waals surface area contributed by atoms with E-state index in [0.29, 0.717) is 0 Å². The summed E-state index contributed by atoms with van der Waals surface area (Å²) in [6.45, 7) is 1.05. The summed E-state index contributed by atoms with van der Waals surface area (Å²) >= 11 is 0. The second-order valence-corrected chi connectivity index (χ2v) is 4.35. The van der Waals surface area contributed by atoms with Gasteiger partial charge in [-0.2, -0.15) is 0 Å². The Hall–Kier alpha value is -0.890. The maximum atomic E-state index is 4.36. The fourth-order valence-corrected chi connectivity index (χ4v) is 2.38. The van der Waals surface area contributed by atoms with Gasteiger partial charge >= 0.3 is 0 Å². The van der Waals surface area contributed by atoms with Crippen molar-refractivity contribution in [1.82, 2.24) is 10.3 Å². The second-order valence-electron chi connectivity index (χ2n) is 4.35. The summed E-state index contributed by atoms with van der Waals surface area (Å²) in [6.07, 6.45) is 11.8. The Kier molecular flexibility index (Phi) is 3.73. The predicted molar refractivity (Wildman–Crippen MR) is 63.1 cm³/mol. The average Bonchev–Trinajstić information content (AvgIpc) is 2.51. The number of pyridine rings is 1. The highest BCUT2D eigenvalue weighted by Crippen LogP contribution is 2.22. The quantitative estimate of drug-likeness (QED) is 0.763. The normalized spacial score (nSPS) is 15.8. The highest BCUT2D eigenvalue weighted by Gasteiger charge is 2.11. The van der Waals surface area contributed by atoms with Crippen molar-refractivity contribution in [2.45, 2.75) is 38.5 Å². The number of hydrogen-bond acceptors (Lipinski definition) is 2. The molecule has 0 aliphatic heterocycles. The van der Waals surface area contributed by atoms with Gasteiger partial charge < -0.3 is 5.32 Å². The SMILES string of the molecule is CNCCc1cncc2c1CCCCC2. The Morgan fingerprint density at radius 1 is 1.20 bits per heavy atom. The topological polar surface area (TPSA) is 24.9 Å². The van der Waals surface area contributed by atoms with Gasteiger partial charge in [-0.1, -0.05) is 6.42 Å². The van der Waals surface area contributed by atoms with Gasteiger partial charge in [-0.25, -0.2) is 0 Å². The van der Waals surface area contributed by atoms with Gasteiger partial charge in [-0.3, -0.25) is 4.98 Å². The highest BCUT2D eigenvalue weighted by atomic mass is 14.8. The summed E-state index contributed by atoms with van der Waals surface area (Å²) in [6, 6.07) is 0. The molecule has 0 unspecified atom stereocenters. The molecule has 82 valence electrons. The van der Waals surface area contributed by atoms with Crippen LogP contribution >= 0.6 is 0 Å². The number of aryl methyl sites for hydroxylation is 1. The molecule has 0 spiro atoms. The summed E-state index contributed by atoms with van der Waals surface area (Å²) in [5.41, 5.74) is 4.56. The molecule has 1 aliphatic carbocycles. The second kappa shape index (κ2) is 5.26. The number of aromatic nitrogens is 1. The van der Waals surface area contributed by atoms with E-state index in [9.17, 15) is 0 Å². The van der Waals surface area contributed by atoms with E-state index >= 15 is 0 Å². The number of fused-ring (bicyclic) bond motifs is 1. The largest absolute Gasteiger partial charge is 0.319 e. The van der Waals surface area contributed by atoms with Gasteiger partial charge in [0.15, 0.2) is 0 Å². The molecular formula is C13H20N2. The van der Waals surface area contributed by atoms with Crippen molar-refractivity contribution < 1.29 is 0 Å². The highest BCUT2D eigenvalue weighted by molar-refractivity contribution is 5.33. The Morgan fingerprint density at radius 2 is 2.07 bits per heavy atom. The standard InChI is InChI=1S/C13H20N2/c1-14-8-7-12-10-15-9-11-5-3-2-4-6-13(11)12/h9-10,14H,2-8H2,1H3. The molecule has 1 aliphatic rings. The van der Waals surface area contributed by atoms with Crippen LogP contribution in [0.15, 0.2) is 12.4 Å². The summed E-state index contributed by atoms with van der Waals surface area (Å²) < 4.78 is 0. The van der Waals surface area contributed by atoms with Crippen LogP contribution in [-0.4, -0.2) is 18.6 Å². The predicted octanol–water partition coefficient (Wildman–Crippen LogP) is 2.11. The molecule has 0 saturated heterocycles. The van der Waals surface area contributed by atoms with Gasteiger partial charge in [0.05, 0.1) is 0 Å². The van der Waals surface area contributed by atoms with Crippen LogP contribution < -0.4 is 5.32 Å². The van der Waals surface area contributed by atoms with Crippen molar-refractivity contribution in [2.24, 2.45) is 0 Å². The van der Waals surface area contributed by atoms with Crippen LogP contribution in [0.3, 0.4) is 0 Å². The molecule has 2 nitrogen and oxygen atoms in total. The van der Waals surface area contributed by atoms with Gasteiger partial charge in [0.25, 0.3) is 0 Å². The minimum atomic E-state index is 1.05. The minimum Gasteiger partial charge on any atom is -0.319 e. The summed E-state index contributed by atoms with van der Waals surface area (Å²) in [7, 11) is 2.01. The minimum absolute atomic E-state index is 1.05. The van der Waals surface area contributed by atoms with Crippen LogP contribution in [0.1, 0.15) is 36.0 Å². The lowest BCUT2D eigenvalue weighted by Crippen LogP contribution is -2.12. The smallest absolute Gasteiger partial charge is 0.0303 e. The summed E-state index contributed by atoms with van der Waals surface area (Å²) in [5, 5.41) is 3.21. The Bertz CT molecular complexity index is 320. The molecule has 2 rings (SSSR count). The van der Waals surface area contributed by atoms with Gasteiger partial charge in [0, 0.05) is 12.4 Å². The van der Waals surface area contributed by atoms with Crippen LogP contribution in [-0.2, 0) is 19.3 Å². The van der Waals surface area contributed by atoms with Crippen LogP contribution in [0.25, 0.3) is 0 Å². The molecule has 0 atom stereocenters. The van der Waals surface area contributed by atoms with E-state index < -0.39 is 0 Å². The maximum Gasteiger partial charge on any atom is 0.0303 e. The van der Waals surface area contributed by atoms with Gasteiger partial charge in [0.1, 0.15) is 0 Å². The van der Waals surface area contributed by atoms with E-state index in [1.54, 1.807) is 5.56 Å². The molecule has 1 N–H and O–H groups in total. The first-order chi connectivity index (χ1) is 7.42. The third-order valence-electron chi connectivity index (χ3n) is 3.25. The molecule has 1 heterocycles. The third kappa shape index (κ3) is 2.57. The van der Waals surface area contributed by atoms with Gasteiger partial charge in [0.2, 0.25) is 0 Å². The molecular weight excluding hydrogens is 184 g/mol. The number of hydrogen-bond donors (Lipinski definition) is 1. The number of likely N-dealkylation sites (N-methyl/N-ethyl adjacent to an activating group) is 1. The lowest BCUT2D eigenvalue weighted by Gasteiger charge is -2.11. The van der Waals surface area contributed by atoms with Crippen LogP contribution in [0.4, 0.5) is 0 Å². The van der Waals surface area contributed by atoms with E-state index in [-0.39, 0.29) is 0 Å². The zero-order chi connectivity index (χ0) is 10.5. The monoisotopic (exact) mass is 204 g/mol. The first kappa shape index (κ1) is 10.6. The summed E-state index contributed by atoms with van der Waals surface area (Å²) in [5.74, 6) is 0. The fraction of sp³-hybridized carbons (Fsp3) is 0.615. The van der Waals surface area contributed by atoms with E-state index in [0.717, 1.165) is 13.0 Å². The molecule has 1 aromatic rings. The molecule has 0 fully saturated rings. The lowest BCUT2D eigenvalue weighted by atomic mass is 9.98. The van der Waals surface area contributed by atoms with Crippen LogP contribution in [0.5, 0.6) is 0 Å². The Morgan fingerprint density at radius 3 is 2.93 bits per heavy atom. The van der Waals surface area contributed by atoms with Crippen LogP contribution in [0, 0.1) is 0 Å². The first-order valence-electron chi connectivity index (χ1n) is 6.01. The summed E-state index contributed by atoms with van der Waals surface area (Å²) in [4.78, 5) is 4.36. The molecule has 0 saturated carbocycles. The molecule has 15 heavy (non-hydrogen) atoms. The Labute approximate surface area is 92.1 Å². The molecule has 0 bridgehead atoms. The zero-order valence-electron chi connectivity index (χ0n) is 9.55. The van der Waals surface area contributed by atoms with Gasteiger partial charge in [-0.15, -0.1) is 0 Å². The van der Waals surface area contributed by atoms with Crippen molar-refractivity contribution in [3.63, 3.8) is 0 Å². The van der Waals surface area contributed by atoms with Crippen molar-refractivity contribution in [2.75, 3.05) is 13.6 Å². The zero-order valence-corrected chi connectivity index (χ0v) is 9.55.